The summed E-state index contributed by atoms with van der Waals surface area (Å²) in [6.07, 6.45) is 7.80. The van der Waals surface area contributed by atoms with Crippen LogP contribution in [-0.2, 0) is 13.0 Å². The Kier molecular flexibility index (Phi) is 4.41. The van der Waals surface area contributed by atoms with Gasteiger partial charge in [0.1, 0.15) is 5.82 Å². The molecule has 0 saturated heterocycles. The van der Waals surface area contributed by atoms with Gasteiger partial charge < -0.3 is 5.73 Å². The minimum absolute atomic E-state index is 0.358. The van der Waals surface area contributed by atoms with E-state index in [9.17, 15) is 0 Å². The summed E-state index contributed by atoms with van der Waals surface area (Å²) in [4.78, 5) is 14.7. The molecule has 0 bridgehead atoms. The van der Waals surface area contributed by atoms with Crippen molar-refractivity contribution in [1.29, 1.82) is 0 Å². The maximum Gasteiger partial charge on any atom is 0.127 e. The molecule has 2 N–H and O–H groups in total. The molecule has 0 unspecified atom stereocenters. The minimum atomic E-state index is 0.358. The van der Waals surface area contributed by atoms with Crippen molar-refractivity contribution >= 4 is 5.82 Å². The molecule has 0 fully saturated rings. The Labute approximate surface area is 113 Å². The number of hydrogen-bond acceptors (Lipinski definition) is 5. The molecule has 100 valence electrons. The van der Waals surface area contributed by atoms with Gasteiger partial charge in [0.2, 0.25) is 0 Å². The minimum Gasteiger partial charge on any atom is -0.383 e. The van der Waals surface area contributed by atoms with Gasteiger partial charge in [-0.2, -0.15) is 0 Å². The van der Waals surface area contributed by atoms with Crippen LogP contribution in [-0.4, -0.2) is 32.9 Å². The summed E-state index contributed by atoms with van der Waals surface area (Å²) >= 11 is 0. The van der Waals surface area contributed by atoms with E-state index in [1.54, 1.807) is 18.6 Å². The number of likely N-dealkylation sites (N-methyl/N-ethyl adjacent to an activating group) is 1. The van der Waals surface area contributed by atoms with Crippen molar-refractivity contribution in [2.75, 3.05) is 12.8 Å². The molecule has 0 radical (unpaired) electrons. The van der Waals surface area contributed by atoms with E-state index < -0.39 is 0 Å². The van der Waals surface area contributed by atoms with Gasteiger partial charge in [-0.1, -0.05) is 6.07 Å². The second-order valence-electron chi connectivity index (χ2n) is 4.71. The predicted octanol–water partition coefficient (Wildman–Crippen LogP) is 1.52. The molecule has 0 amide bonds. The first-order chi connectivity index (χ1) is 9.16. The average Bonchev–Trinajstić information content (AvgIpc) is 2.42. The quantitative estimate of drug-likeness (QED) is 0.879. The molecule has 0 aliphatic rings. The van der Waals surface area contributed by atoms with Gasteiger partial charge in [-0.15, -0.1) is 0 Å². The molecule has 0 aliphatic heterocycles. The maximum absolute atomic E-state index is 5.86. The first kappa shape index (κ1) is 13.4. The molecule has 0 aliphatic carbocycles. The molecule has 0 spiro atoms. The predicted molar refractivity (Wildman–Crippen MR) is 75.3 cm³/mol. The lowest BCUT2D eigenvalue weighted by molar-refractivity contribution is 0.247. The van der Waals surface area contributed by atoms with Gasteiger partial charge in [-0.3, -0.25) is 14.9 Å². The average molecular weight is 257 g/mol. The first-order valence-electron chi connectivity index (χ1n) is 6.31. The zero-order valence-electron chi connectivity index (χ0n) is 11.3. The van der Waals surface area contributed by atoms with Crippen LogP contribution in [0.3, 0.4) is 0 Å². The van der Waals surface area contributed by atoms with Crippen LogP contribution in [0.25, 0.3) is 0 Å². The lowest BCUT2D eigenvalue weighted by Crippen LogP contribution is -2.31. The van der Waals surface area contributed by atoms with Gasteiger partial charge in [-0.05, 0) is 20.0 Å². The molecular formula is C14H19N5. The Hall–Kier alpha value is -2.01. The van der Waals surface area contributed by atoms with Crippen molar-refractivity contribution in [2.45, 2.75) is 25.9 Å². The van der Waals surface area contributed by atoms with E-state index in [4.69, 9.17) is 5.73 Å². The van der Waals surface area contributed by atoms with Crippen molar-refractivity contribution in [3.05, 3.63) is 48.2 Å². The summed E-state index contributed by atoms with van der Waals surface area (Å²) in [5.41, 5.74) is 7.91. The summed E-state index contributed by atoms with van der Waals surface area (Å²) < 4.78 is 0. The summed E-state index contributed by atoms with van der Waals surface area (Å²) in [5.74, 6) is 0.598. The van der Waals surface area contributed by atoms with Crippen LogP contribution >= 0.6 is 0 Å². The third-order valence-electron chi connectivity index (χ3n) is 3.22. The van der Waals surface area contributed by atoms with Crippen molar-refractivity contribution in [3.63, 3.8) is 0 Å². The summed E-state index contributed by atoms with van der Waals surface area (Å²) in [7, 11) is 2.08. The van der Waals surface area contributed by atoms with Crippen molar-refractivity contribution in [1.82, 2.24) is 19.9 Å². The Balaban J connectivity index is 1.96. The van der Waals surface area contributed by atoms with E-state index in [0.29, 0.717) is 11.9 Å². The summed E-state index contributed by atoms with van der Waals surface area (Å²) in [6, 6.07) is 4.28. The van der Waals surface area contributed by atoms with Crippen LogP contribution in [0.4, 0.5) is 5.82 Å². The maximum atomic E-state index is 5.86. The highest BCUT2D eigenvalue weighted by Crippen LogP contribution is 2.13. The number of anilines is 1. The van der Waals surface area contributed by atoms with Crippen LogP contribution in [0.2, 0.25) is 0 Å². The van der Waals surface area contributed by atoms with Gasteiger partial charge in [0.15, 0.2) is 0 Å². The van der Waals surface area contributed by atoms with Gasteiger partial charge in [0.05, 0.1) is 5.69 Å². The third-order valence-corrected chi connectivity index (χ3v) is 3.22. The molecule has 2 rings (SSSR count). The van der Waals surface area contributed by atoms with Crippen molar-refractivity contribution < 1.29 is 0 Å². The molecule has 2 heterocycles. The molecule has 5 nitrogen and oxygen atoms in total. The highest BCUT2D eigenvalue weighted by atomic mass is 15.1. The Morgan fingerprint density at radius 2 is 2.11 bits per heavy atom. The fourth-order valence-corrected chi connectivity index (χ4v) is 1.90. The van der Waals surface area contributed by atoms with Gasteiger partial charge in [-0.25, -0.2) is 4.98 Å². The second kappa shape index (κ2) is 6.24. The zero-order chi connectivity index (χ0) is 13.7. The fourth-order valence-electron chi connectivity index (χ4n) is 1.90. The molecule has 2 aromatic heterocycles. The van der Waals surface area contributed by atoms with Crippen molar-refractivity contribution in [2.24, 2.45) is 0 Å². The lowest BCUT2D eigenvalue weighted by atomic mass is 10.1. The topological polar surface area (TPSA) is 67.9 Å². The second-order valence-corrected chi connectivity index (χ2v) is 4.71. The monoisotopic (exact) mass is 257 g/mol. The van der Waals surface area contributed by atoms with Crippen LogP contribution in [0.1, 0.15) is 18.2 Å². The first-order valence-corrected chi connectivity index (χ1v) is 6.31. The molecule has 2 aromatic rings. The normalized spacial score (nSPS) is 12.6. The van der Waals surface area contributed by atoms with E-state index in [1.165, 1.54) is 0 Å². The molecule has 0 saturated carbocycles. The highest BCUT2D eigenvalue weighted by molar-refractivity contribution is 5.38. The number of nitrogen functional groups attached to an aromatic ring is 1. The zero-order valence-corrected chi connectivity index (χ0v) is 11.3. The number of rotatable bonds is 5. The molecule has 19 heavy (non-hydrogen) atoms. The number of aromatic nitrogens is 3. The van der Waals surface area contributed by atoms with Crippen LogP contribution < -0.4 is 5.73 Å². The number of nitrogens with zero attached hydrogens (tertiary/aromatic N) is 4. The molecule has 0 aromatic carbocycles. The van der Waals surface area contributed by atoms with E-state index in [1.807, 2.05) is 18.3 Å². The largest absolute Gasteiger partial charge is 0.383 e. The molecule has 1 atom stereocenters. The van der Waals surface area contributed by atoms with Crippen LogP contribution in [0, 0.1) is 0 Å². The van der Waals surface area contributed by atoms with Gasteiger partial charge in [0, 0.05) is 49.4 Å². The van der Waals surface area contributed by atoms with E-state index in [-0.39, 0.29) is 0 Å². The Morgan fingerprint density at radius 3 is 2.79 bits per heavy atom. The van der Waals surface area contributed by atoms with E-state index >= 15 is 0 Å². The summed E-state index contributed by atoms with van der Waals surface area (Å²) in [5, 5.41) is 0. The smallest absolute Gasteiger partial charge is 0.127 e. The Bertz CT molecular complexity index is 514. The number of nitrogens with two attached hydrogens (primary N) is 1. The standard InChI is InChI=1S/C14H19N5/c1-11(8-13-9-16-6-7-17-13)19(2)10-12-4-3-5-18-14(12)15/h3-7,9,11H,8,10H2,1-2H3,(H2,15,18)/t11-/m0/s1. The third kappa shape index (κ3) is 3.72. The van der Waals surface area contributed by atoms with Crippen LogP contribution in [0.15, 0.2) is 36.9 Å². The highest BCUT2D eigenvalue weighted by Gasteiger charge is 2.12. The van der Waals surface area contributed by atoms with E-state index in [2.05, 4.69) is 33.8 Å². The number of pyridine rings is 1. The SMILES string of the molecule is C[C@@H](Cc1cnccn1)N(C)Cc1cccnc1N. The summed E-state index contributed by atoms with van der Waals surface area (Å²) in [6.45, 7) is 2.95. The van der Waals surface area contributed by atoms with E-state index in [0.717, 1.165) is 24.2 Å². The Morgan fingerprint density at radius 1 is 1.26 bits per heavy atom. The molecular weight excluding hydrogens is 238 g/mol. The van der Waals surface area contributed by atoms with Crippen LogP contribution in [0.5, 0.6) is 0 Å². The molecule has 5 heteroatoms. The number of hydrogen-bond donors (Lipinski definition) is 1. The van der Waals surface area contributed by atoms with Gasteiger partial charge >= 0.3 is 0 Å². The lowest BCUT2D eigenvalue weighted by Gasteiger charge is -2.24. The fraction of sp³-hybridized carbons (Fsp3) is 0.357. The van der Waals surface area contributed by atoms with Crippen molar-refractivity contribution in [3.8, 4) is 0 Å². The van der Waals surface area contributed by atoms with Gasteiger partial charge in [0.25, 0.3) is 0 Å².